The zero-order chi connectivity index (χ0) is 17.8. The zero-order valence-electron chi connectivity index (χ0n) is 14.0. The molecule has 25 heavy (non-hydrogen) atoms. The molecular weight excluding hydrogens is 320 g/mol. The van der Waals surface area contributed by atoms with E-state index in [4.69, 9.17) is 9.15 Å². The first-order chi connectivity index (χ1) is 12.1. The summed E-state index contributed by atoms with van der Waals surface area (Å²) in [6.45, 7) is 3.48. The van der Waals surface area contributed by atoms with Crippen LogP contribution < -0.4 is 15.6 Å². The highest BCUT2D eigenvalue weighted by Crippen LogP contribution is 2.24. The third-order valence-electron chi connectivity index (χ3n) is 3.82. The van der Waals surface area contributed by atoms with Crippen molar-refractivity contribution in [2.45, 2.75) is 13.8 Å². The molecule has 128 valence electrons. The number of hydrazine groups is 1. The number of fused-ring (bicyclic) bond motifs is 1. The van der Waals surface area contributed by atoms with Crippen molar-refractivity contribution in [3.05, 3.63) is 65.4 Å². The van der Waals surface area contributed by atoms with Crippen LogP contribution in [0.15, 0.2) is 52.9 Å². The summed E-state index contributed by atoms with van der Waals surface area (Å²) in [7, 11) is 0. The molecule has 1 aromatic heterocycles. The smallest absolute Gasteiger partial charge is 0.305 e. The van der Waals surface area contributed by atoms with E-state index in [1.165, 1.54) is 0 Å². The standard InChI is InChI=1S/C19H18N2O4/c1-12-7-3-5-9-15(12)24-11-17(22)20-21-19(23)18-13(2)14-8-4-6-10-16(14)25-18/h3-10H,11H2,1-2H3,(H,20,22)(H,21,23). The van der Waals surface area contributed by atoms with Gasteiger partial charge in [0.2, 0.25) is 0 Å². The van der Waals surface area contributed by atoms with Crippen LogP contribution in [0.5, 0.6) is 5.75 Å². The molecule has 0 aliphatic carbocycles. The van der Waals surface area contributed by atoms with Crippen LogP contribution in [0.4, 0.5) is 0 Å². The number of carbonyl (C=O) groups excluding carboxylic acids is 2. The number of benzene rings is 2. The Labute approximate surface area is 144 Å². The quantitative estimate of drug-likeness (QED) is 0.717. The van der Waals surface area contributed by atoms with Crippen molar-refractivity contribution in [1.29, 1.82) is 0 Å². The summed E-state index contributed by atoms with van der Waals surface area (Å²) in [4.78, 5) is 24.0. The van der Waals surface area contributed by atoms with Gasteiger partial charge in [-0.05, 0) is 31.5 Å². The highest BCUT2D eigenvalue weighted by molar-refractivity contribution is 5.99. The van der Waals surface area contributed by atoms with Gasteiger partial charge >= 0.3 is 5.91 Å². The number of aryl methyl sites for hydroxylation is 2. The number of para-hydroxylation sites is 2. The molecule has 6 heteroatoms. The maximum absolute atomic E-state index is 12.2. The Morgan fingerprint density at radius 3 is 2.48 bits per heavy atom. The lowest BCUT2D eigenvalue weighted by molar-refractivity contribution is -0.123. The number of carbonyl (C=O) groups is 2. The van der Waals surface area contributed by atoms with Crippen LogP contribution in [0.1, 0.15) is 21.7 Å². The lowest BCUT2D eigenvalue weighted by atomic mass is 10.1. The van der Waals surface area contributed by atoms with Crippen LogP contribution in [0.2, 0.25) is 0 Å². The Morgan fingerprint density at radius 2 is 1.72 bits per heavy atom. The Kier molecular flexibility index (Phi) is 4.70. The molecule has 0 aliphatic heterocycles. The molecular formula is C19H18N2O4. The molecule has 2 aromatic carbocycles. The average molecular weight is 338 g/mol. The van der Waals surface area contributed by atoms with E-state index in [1.807, 2.05) is 43.3 Å². The first-order valence-electron chi connectivity index (χ1n) is 7.82. The van der Waals surface area contributed by atoms with Gasteiger partial charge in [-0.15, -0.1) is 0 Å². The normalized spacial score (nSPS) is 10.5. The van der Waals surface area contributed by atoms with Gasteiger partial charge in [-0.3, -0.25) is 20.4 Å². The predicted molar refractivity (Wildman–Crippen MR) is 93.2 cm³/mol. The van der Waals surface area contributed by atoms with Gasteiger partial charge in [0, 0.05) is 10.9 Å². The highest BCUT2D eigenvalue weighted by atomic mass is 16.5. The Hall–Kier alpha value is -3.28. The number of rotatable bonds is 4. The fourth-order valence-corrected chi connectivity index (χ4v) is 2.47. The van der Waals surface area contributed by atoms with Gasteiger partial charge in [0.05, 0.1) is 0 Å². The number of nitrogens with one attached hydrogen (secondary N) is 2. The largest absolute Gasteiger partial charge is 0.483 e. The van der Waals surface area contributed by atoms with Gasteiger partial charge in [-0.1, -0.05) is 36.4 Å². The first-order valence-corrected chi connectivity index (χ1v) is 7.82. The molecule has 0 saturated carbocycles. The maximum atomic E-state index is 12.2. The molecule has 0 saturated heterocycles. The molecule has 0 bridgehead atoms. The number of amides is 2. The molecule has 0 atom stereocenters. The Morgan fingerprint density at radius 1 is 1.00 bits per heavy atom. The molecule has 2 N–H and O–H groups in total. The van der Waals surface area contributed by atoms with E-state index < -0.39 is 11.8 Å². The third-order valence-corrected chi connectivity index (χ3v) is 3.82. The maximum Gasteiger partial charge on any atom is 0.305 e. The summed E-state index contributed by atoms with van der Waals surface area (Å²) < 4.78 is 11.0. The highest BCUT2D eigenvalue weighted by Gasteiger charge is 2.17. The molecule has 0 fully saturated rings. The summed E-state index contributed by atoms with van der Waals surface area (Å²) in [5.74, 6) is -0.193. The number of furan rings is 1. The number of hydrogen-bond donors (Lipinski definition) is 2. The molecule has 6 nitrogen and oxygen atoms in total. The van der Waals surface area contributed by atoms with Gasteiger partial charge in [-0.2, -0.15) is 0 Å². The fourth-order valence-electron chi connectivity index (χ4n) is 2.47. The van der Waals surface area contributed by atoms with Crippen molar-refractivity contribution >= 4 is 22.8 Å². The van der Waals surface area contributed by atoms with Crippen molar-refractivity contribution < 1.29 is 18.7 Å². The predicted octanol–water partition coefficient (Wildman–Crippen LogP) is 2.89. The second kappa shape index (κ2) is 7.09. The summed E-state index contributed by atoms with van der Waals surface area (Å²) in [5, 5.41) is 0.863. The van der Waals surface area contributed by atoms with Gasteiger partial charge < -0.3 is 9.15 Å². The monoisotopic (exact) mass is 338 g/mol. The molecule has 0 radical (unpaired) electrons. The second-order valence-electron chi connectivity index (χ2n) is 5.61. The van der Waals surface area contributed by atoms with E-state index in [1.54, 1.807) is 19.1 Å². The number of ether oxygens (including phenoxy) is 1. The minimum absolute atomic E-state index is 0.168. The Balaban J connectivity index is 1.57. The van der Waals surface area contributed by atoms with Crippen molar-refractivity contribution in [3.8, 4) is 5.75 Å². The topological polar surface area (TPSA) is 80.6 Å². The lowest BCUT2D eigenvalue weighted by Crippen LogP contribution is -2.43. The third kappa shape index (κ3) is 3.63. The Bertz CT molecular complexity index is 930. The van der Waals surface area contributed by atoms with Gasteiger partial charge in [-0.25, -0.2) is 0 Å². The molecule has 3 aromatic rings. The van der Waals surface area contributed by atoms with E-state index in [9.17, 15) is 9.59 Å². The molecule has 2 amide bonds. The van der Waals surface area contributed by atoms with Crippen molar-refractivity contribution in [2.75, 3.05) is 6.61 Å². The summed E-state index contributed by atoms with van der Waals surface area (Å²) in [5.41, 5.74) is 6.93. The van der Waals surface area contributed by atoms with Crippen LogP contribution in [0, 0.1) is 13.8 Å². The average Bonchev–Trinajstić information content (AvgIpc) is 2.96. The van der Waals surface area contributed by atoms with Crippen LogP contribution in [-0.4, -0.2) is 18.4 Å². The van der Waals surface area contributed by atoms with Crippen molar-refractivity contribution in [3.63, 3.8) is 0 Å². The van der Waals surface area contributed by atoms with E-state index in [-0.39, 0.29) is 12.4 Å². The first kappa shape index (κ1) is 16.6. The molecule has 1 heterocycles. The van der Waals surface area contributed by atoms with Gasteiger partial charge in [0.1, 0.15) is 11.3 Å². The van der Waals surface area contributed by atoms with Crippen LogP contribution in [0.25, 0.3) is 11.0 Å². The van der Waals surface area contributed by atoms with E-state index in [0.29, 0.717) is 11.3 Å². The molecule has 3 rings (SSSR count). The van der Waals surface area contributed by atoms with E-state index >= 15 is 0 Å². The second-order valence-corrected chi connectivity index (χ2v) is 5.61. The van der Waals surface area contributed by atoms with Crippen LogP contribution in [0.3, 0.4) is 0 Å². The molecule has 0 aliphatic rings. The van der Waals surface area contributed by atoms with Crippen molar-refractivity contribution in [1.82, 2.24) is 10.9 Å². The lowest BCUT2D eigenvalue weighted by Gasteiger charge is -2.09. The summed E-state index contributed by atoms with van der Waals surface area (Å²) in [6.07, 6.45) is 0. The summed E-state index contributed by atoms with van der Waals surface area (Å²) in [6, 6.07) is 14.7. The molecule has 0 spiro atoms. The van der Waals surface area contributed by atoms with Gasteiger partial charge in [0.25, 0.3) is 5.91 Å². The summed E-state index contributed by atoms with van der Waals surface area (Å²) >= 11 is 0. The van der Waals surface area contributed by atoms with Crippen LogP contribution >= 0.6 is 0 Å². The minimum atomic E-state index is -0.516. The fraction of sp³-hybridized carbons (Fsp3) is 0.158. The minimum Gasteiger partial charge on any atom is -0.483 e. The zero-order valence-corrected chi connectivity index (χ0v) is 14.0. The van der Waals surface area contributed by atoms with E-state index in [2.05, 4.69) is 10.9 Å². The van der Waals surface area contributed by atoms with Gasteiger partial charge in [0.15, 0.2) is 12.4 Å². The van der Waals surface area contributed by atoms with Crippen LogP contribution in [-0.2, 0) is 4.79 Å². The SMILES string of the molecule is Cc1ccccc1OCC(=O)NNC(=O)c1oc2ccccc2c1C. The number of hydrogen-bond acceptors (Lipinski definition) is 4. The molecule has 0 unspecified atom stereocenters. The van der Waals surface area contributed by atoms with Crippen molar-refractivity contribution in [2.24, 2.45) is 0 Å². The van der Waals surface area contributed by atoms with E-state index in [0.717, 1.165) is 16.5 Å².